The van der Waals surface area contributed by atoms with Crippen LogP contribution in [0.5, 0.6) is 0 Å². The van der Waals surface area contributed by atoms with Crippen molar-refractivity contribution in [3.05, 3.63) is 0 Å². The van der Waals surface area contributed by atoms with Gasteiger partial charge in [-0.2, -0.15) is 11.8 Å². The van der Waals surface area contributed by atoms with Crippen molar-refractivity contribution in [2.75, 3.05) is 18.9 Å². The summed E-state index contributed by atoms with van der Waals surface area (Å²) in [5, 5.41) is 9.13. The lowest BCUT2D eigenvalue weighted by Gasteiger charge is -2.31. The largest absolute Gasteiger partial charge is 0.396 e. The highest BCUT2D eigenvalue weighted by atomic mass is 32.2. The van der Waals surface area contributed by atoms with Gasteiger partial charge >= 0.3 is 0 Å². The molecule has 0 amide bonds. The van der Waals surface area contributed by atoms with Crippen molar-refractivity contribution in [1.82, 2.24) is 0 Å². The average Bonchev–Trinajstić information content (AvgIpc) is 2.34. The number of rotatable bonds is 3. The number of nitrogens with two attached hydrogens (primary N) is 1. The van der Waals surface area contributed by atoms with Crippen LogP contribution in [0.1, 0.15) is 20.3 Å². The van der Waals surface area contributed by atoms with Crippen LogP contribution in [0, 0.1) is 11.8 Å². The van der Waals surface area contributed by atoms with Gasteiger partial charge in [-0.05, 0) is 30.6 Å². The molecule has 1 heterocycles. The first kappa shape index (κ1) is 10.4. The number of thioether (sulfide) groups is 1. The van der Waals surface area contributed by atoms with E-state index in [-0.39, 0.29) is 6.61 Å². The third kappa shape index (κ3) is 1.95. The van der Waals surface area contributed by atoms with E-state index in [4.69, 9.17) is 10.8 Å². The van der Waals surface area contributed by atoms with E-state index in [2.05, 4.69) is 13.8 Å². The Bertz CT molecular complexity index is 145. The molecule has 0 spiro atoms. The summed E-state index contributed by atoms with van der Waals surface area (Å²) in [6.45, 7) is 5.37. The Morgan fingerprint density at radius 3 is 2.67 bits per heavy atom. The SMILES string of the molecule is CC1(C)SCCC1C(CN)CO. The molecule has 1 aliphatic rings. The molecule has 3 heteroatoms. The average molecular weight is 189 g/mol. The van der Waals surface area contributed by atoms with Crippen LogP contribution in [0.2, 0.25) is 0 Å². The van der Waals surface area contributed by atoms with Crippen LogP contribution in [-0.2, 0) is 0 Å². The van der Waals surface area contributed by atoms with Crippen LogP contribution in [-0.4, -0.2) is 28.8 Å². The molecule has 0 saturated carbocycles. The van der Waals surface area contributed by atoms with Gasteiger partial charge in [-0.1, -0.05) is 13.8 Å². The molecule has 0 aliphatic carbocycles. The van der Waals surface area contributed by atoms with Gasteiger partial charge in [0.25, 0.3) is 0 Å². The minimum Gasteiger partial charge on any atom is -0.396 e. The van der Waals surface area contributed by atoms with Crippen molar-refractivity contribution in [3.8, 4) is 0 Å². The molecule has 1 aliphatic heterocycles. The summed E-state index contributed by atoms with van der Waals surface area (Å²) in [6, 6.07) is 0. The van der Waals surface area contributed by atoms with Crippen molar-refractivity contribution in [1.29, 1.82) is 0 Å². The molecule has 2 atom stereocenters. The number of hydrogen-bond donors (Lipinski definition) is 2. The Balaban J connectivity index is 2.60. The first-order chi connectivity index (χ1) is 5.61. The first-order valence-corrected chi connectivity index (χ1v) is 5.55. The minimum atomic E-state index is 0.241. The Morgan fingerprint density at radius 1 is 1.67 bits per heavy atom. The maximum Gasteiger partial charge on any atom is 0.0474 e. The van der Waals surface area contributed by atoms with E-state index in [1.54, 1.807) is 0 Å². The second kappa shape index (κ2) is 3.99. The highest BCUT2D eigenvalue weighted by molar-refractivity contribution is 8.00. The quantitative estimate of drug-likeness (QED) is 0.698. The van der Waals surface area contributed by atoms with Crippen LogP contribution in [0.4, 0.5) is 0 Å². The van der Waals surface area contributed by atoms with E-state index >= 15 is 0 Å². The predicted octanol–water partition coefficient (Wildman–Crippen LogP) is 1.09. The third-order valence-electron chi connectivity index (χ3n) is 2.90. The van der Waals surface area contributed by atoms with E-state index in [0.29, 0.717) is 23.1 Å². The fraction of sp³-hybridized carbons (Fsp3) is 1.00. The lowest BCUT2D eigenvalue weighted by Crippen LogP contribution is -2.35. The zero-order valence-corrected chi connectivity index (χ0v) is 8.73. The minimum absolute atomic E-state index is 0.241. The van der Waals surface area contributed by atoms with Gasteiger partial charge in [0, 0.05) is 11.4 Å². The Labute approximate surface area is 78.9 Å². The van der Waals surface area contributed by atoms with Crippen LogP contribution >= 0.6 is 11.8 Å². The summed E-state index contributed by atoms with van der Waals surface area (Å²) in [6.07, 6.45) is 1.21. The fourth-order valence-corrected chi connectivity index (χ4v) is 3.50. The Kier molecular flexibility index (Phi) is 3.44. The van der Waals surface area contributed by atoms with Gasteiger partial charge in [0.2, 0.25) is 0 Å². The maximum atomic E-state index is 9.13. The molecule has 2 nitrogen and oxygen atoms in total. The number of aliphatic hydroxyl groups is 1. The number of aliphatic hydroxyl groups excluding tert-OH is 1. The fourth-order valence-electron chi connectivity index (χ4n) is 2.07. The Hall–Kier alpha value is 0.270. The third-order valence-corrected chi connectivity index (χ3v) is 4.39. The first-order valence-electron chi connectivity index (χ1n) is 4.56. The van der Waals surface area contributed by atoms with E-state index in [1.807, 2.05) is 11.8 Å². The van der Waals surface area contributed by atoms with E-state index in [9.17, 15) is 0 Å². The molecule has 1 fully saturated rings. The summed E-state index contributed by atoms with van der Waals surface area (Å²) < 4.78 is 0.312. The van der Waals surface area contributed by atoms with Crippen molar-refractivity contribution >= 4 is 11.8 Å². The van der Waals surface area contributed by atoms with E-state index in [0.717, 1.165) is 0 Å². The van der Waals surface area contributed by atoms with Gasteiger partial charge in [0.15, 0.2) is 0 Å². The van der Waals surface area contributed by atoms with Gasteiger partial charge in [-0.3, -0.25) is 0 Å². The normalized spacial score (nSPS) is 30.5. The molecular formula is C9H19NOS. The standard InChI is InChI=1S/C9H19NOS/c1-9(2)8(3-4-12-9)7(5-10)6-11/h7-8,11H,3-6,10H2,1-2H3. The summed E-state index contributed by atoms with van der Waals surface area (Å²) in [7, 11) is 0. The lowest BCUT2D eigenvalue weighted by atomic mass is 9.81. The van der Waals surface area contributed by atoms with Crippen molar-refractivity contribution in [2.45, 2.75) is 25.0 Å². The van der Waals surface area contributed by atoms with Gasteiger partial charge in [-0.25, -0.2) is 0 Å². The second-order valence-corrected chi connectivity index (χ2v) is 5.77. The molecular weight excluding hydrogens is 170 g/mol. The molecule has 0 aromatic carbocycles. The van der Waals surface area contributed by atoms with Crippen LogP contribution in [0.25, 0.3) is 0 Å². The maximum absolute atomic E-state index is 9.13. The lowest BCUT2D eigenvalue weighted by molar-refractivity contribution is 0.164. The summed E-state index contributed by atoms with van der Waals surface area (Å²) in [5.41, 5.74) is 5.61. The summed E-state index contributed by atoms with van der Waals surface area (Å²) in [5.74, 6) is 2.11. The van der Waals surface area contributed by atoms with Gasteiger partial charge < -0.3 is 10.8 Å². The Morgan fingerprint density at radius 2 is 2.33 bits per heavy atom. The predicted molar refractivity (Wildman–Crippen MR) is 54.3 cm³/mol. The molecule has 0 aromatic rings. The molecule has 72 valence electrons. The van der Waals surface area contributed by atoms with E-state index < -0.39 is 0 Å². The monoisotopic (exact) mass is 189 g/mol. The zero-order valence-electron chi connectivity index (χ0n) is 7.92. The molecule has 1 rings (SSSR count). The molecule has 0 aromatic heterocycles. The molecule has 0 bridgehead atoms. The highest BCUT2D eigenvalue weighted by Crippen LogP contribution is 2.45. The van der Waals surface area contributed by atoms with Gasteiger partial charge in [0.05, 0.1) is 0 Å². The molecule has 12 heavy (non-hydrogen) atoms. The van der Waals surface area contributed by atoms with Crippen LogP contribution in [0.3, 0.4) is 0 Å². The van der Waals surface area contributed by atoms with Crippen molar-refractivity contribution in [2.24, 2.45) is 17.6 Å². The molecule has 0 radical (unpaired) electrons. The topological polar surface area (TPSA) is 46.2 Å². The zero-order chi connectivity index (χ0) is 9.19. The van der Waals surface area contributed by atoms with Gasteiger partial charge in [-0.15, -0.1) is 0 Å². The summed E-state index contributed by atoms with van der Waals surface area (Å²) >= 11 is 2.00. The highest BCUT2D eigenvalue weighted by Gasteiger charge is 2.39. The molecule has 1 saturated heterocycles. The summed E-state index contributed by atoms with van der Waals surface area (Å²) in [4.78, 5) is 0. The van der Waals surface area contributed by atoms with E-state index in [1.165, 1.54) is 12.2 Å². The number of hydrogen-bond acceptors (Lipinski definition) is 3. The second-order valence-electron chi connectivity index (χ2n) is 4.03. The van der Waals surface area contributed by atoms with Crippen molar-refractivity contribution in [3.63, 3.8) is 0 Å². The van der Waals surface area contributed by atoms with Crippen molar-refractivity contribution < 1.29 is 5.11 Å². The molecule has 3 N–H and O–H groups in total. The van der Waals surface area contributed by atoms with Crippen LogP contribution < -0.4 is 5.73 Å². The van der Waals surface area contributed by atoms with Crippen LogP contribution in [0.15, 0.2) is 0 Å². The van der Waals surface area contributed by atoms with Gasteiger partial charge in [0.1, 0.15) is 0 Å². The molecule has 2 unspecified atom stereocenters. The smallest absolute Gasteiger partial charge is 0.0474 e.